The van der Waals surface area contributed by atoms with E-state index >= 15 is 0 Å². The summed E-state index contributed by atoms with van der Waals surface area (Å²) in [6, 6.07) is -0.624. The van der Waals surface area contributed by atoms with Crippen molar-refractivity contribution >= 4 is 17.9 Å². The zero-order chi connectivity index (χ0) is 15.0. The van der Waals surface area contributed by atoms with Gasteiger partial charge in [0.15, 0.2) is 5.82 Å². The number of carboxylic acids is 1. The van der Waals surface area contributed by atoms with Gasteiger partial charge in [-0.05, 0) is 12.8 Å². The molecule has 0 aromatic carbocycles. The number of hydrogen-bond donors (Lipinski definition) is 3. The average Bonchev–Trinajstić information content (AvgIpc) is 2.78. The van der Waals surface area contributed by atoms with Gasteiger partial charge in [0.2, 0.25) is 5.91 Å². The van der Waals surface area contributed by atoms with Crippen LogP contribution < -0.4 is 10.6 Å². The first kappa shape index (κ1) is 15.6. The summed E-state index contributed by atoms with van der Waals surface area (Å²) in [6.45, 7) is 0.124. The highest BCUT2D eigenvalue weighted by Gasteiger charge is 2.08. The molecule has 0 saturated heterocycles. The molecule has 0 bridgehead atoms. The Morgan fingerprint density at radius 3 is 2.60 bits per heavy atom. The molecule has 1 aromatic rings. The highest BCUT2D eigenvalue weighted by atomic mass is 16.4. The molecule has 0 atom stereocenters. The van der Waals surface area contributed by atoms with E-state index in [4.69, 9.17) is 5.11 Å². The van der Waals surface area contributed by atoms with Crippen molar-refractivity contribution in [2.75, 3.05) is 0 Å². The second-order valence-corrected chi connectivity index (χ2v) is 4.17. The highest BCUT2D eigenvalue weighted by Crippen LogP contribution is 1.99. The second kappa shape index (κ2) is 7.87. The number of aryl methyl sites for hydroxylation is 1. The molecule has 20 heavy (non-hydrogen) atoms. The van der Waals surface area contributed by atoms with E-state index in [1.165, 1.54) is 11.0 Å². The zero-order valence-corrected chi connectivity index (χ0v) is 11.1. The van der Waals surface area contributed by atoms with Crippen molar-refractivity contribution in [3.05, 3.63) is 12.2 Å². The Labute approximate surface area is 115 Å². The molecule has 3 amide bonds. The van der Waals surface area contributed by atoms with Crippen LogP contribution in [-0.2, 0) is 23.2 Å². The van der Waals surface area contributed by atoms with Crippen LogP contribution in [0.5, 0.6) is 0 Å². The van der Waals surface area contributed by atoms with Crippen LogP contribution >= 0.6 is 0 Å². The lowest BCUT2D eigenvalue weighted by molar-refractivity contribution is -0.137. The van der Waals surface area contributed by atoms with Crippen LogP contribution in [0.4, 0.5) is 4.79 Å². The van der Waals surface area contributed by atoms with E-state index in [9.17, 15) is 14.4 Å². The van der Waals surface area contributed by atoms with Crippen LogP contribution in [0.1, 0.15) is 31.5 Å². The lowest BCUT2D eigenvalue weighted by atomic mass is 10.2. The number of urea groups is 1. The van der Waals surface area contributed by atoms with Gasteiger partial charge in [-0.1, -0.05) is 0 Å². The first-order chi connectivity index (χ1) is 9.47. The van der Waals surface area contributed by atoms with Gasteiger partial charge < -0.3 is 10.4 Å². The van der Waals surface area contributed by atoms with E-state index in [-0.39, 0.29) is 19.4 Å². The average molecular weight is 283 g/mol. The number of carboxylic acid groups (broad SMARTS) is 1. The first-order valence-electron chi connectivity index (χ1n) is 6.11. The minimum Gasteiger partial charge on any atom is -0.481 e. The van der Waals surface area contributed by atoms with Gasteiger partial charge in [-0.25, -0.2) is 9.78 Å². The molecule has 1 rings (SSSR count). The number of carbonyl (C=O) groups is 3. The summed E-state index contributed by atoms with van der Waals surface area (Å²) in [5, 5.41) is 17.0. The Bertz CT molecular complexity index is 485. The lowest BCUT2D eigenvalue weighted by Gasteiger charge is -2.04. The third kappa shape index (κ3) is 6.47. The van der Waals surface area contributed by atoms with Crippen LogP contribution in [0, 0.1) is 0 Å². The van der Waals surface area contributed by atoms with Gasteiger partial charge in [0.05, 0.1) is 6.54 Å². The summed E-state index contributed by atoms with van der Waals surface area (Å²) < 4.78 is 1.50. The van der Waals surface area contributed by atoms with Gasteiger partial charge in [-0.15, -0.1) is 0 Å². The van der Waals surface area contributed by atoms with Crippen LogP contribution in [0.25, 0.3) is 0 Å². The van der Waals surface area contributed by atoms with E-state index in [0.717, 1.165) is 0 Å². The topological polar surface area (TPSA) is 126 Å². The maximum absolute atomic E-state index is 11.4. The Morgan fingerprint density at radius 2 is 2.00 bits per heavy atom. The number of nitrogens with zero attached hydrogens (tertiary/aromatic N) is 3. The standard InChI is InChI=1S/C11H17N5O4/c1-16-7-13-8(15-16)6-12-11(20)14-9(17)4-2-3-5-10(18)19/h7H,2-6H2,1H3,(H,18,19)(H2,12,14,17,20). The van der Waals surface area contributed by atoms with Gasteiger partial charge in [-0.2, -0.15) is 5.10 Å². The number of imide groups is 1. The third-order valence-electron chi connectivity index (χ3n) is 2.35. The highest BCUT2D eigenvalue weighted by molar-refractivity contribution is 5.94. The molecule has 0 aliphatic heterocycles. The number of hydrogen-bond acceptors (Lipinski definition) is 5. The van der Waals surface area contributed by atoms with Crippen LogP contribution in [0.15, 0.2) is 6.33 Å². The van der Waals surface area contributed by atoms with Crippen molar-refractivity contribution in [2.45, 2.75) is 32.2 Å². The number of amides is 3. The van der Waals surface area contributed by atoms with Crippen molar-refractivity contribution < 1.29 is 19.5 Å². The smallest absolute Gasteiger partial charge is 0.321 e. The predicted octanol–water partition coefficient (Wildman–Crippen LogP) is -0.214. The molecule has 1 aromatic heterocycles. The second-order valence-electron chi connectivity index (χ2n) is 4.17. The lowest BCUT2D eigenvalue weighted by Crippen LogP contribution is -2.39. The summed E-state index contributed by atoms with van der Waals surface area (Å²) in [6.07, 6.45) is 2.46. The normalized spacial score (nSPS) is 10.1. The molecular weight excluding hydrogens is 266 g/mol. The molecular formula is C11H17N5O4. The van der Waals surface area contributed by atoms with Crippen molar-refractivity contribution in [1.82, 2.24) is 25.4 Å². The molecule has 0 saturated carbocycles. The number of nitrogens with one attached hydrogen (secondary N) is 2. The van der Waals surface area contributed by atoms with Crippen molar-refractivity contribution in [1.29, 1.82) is 0 Å². The molecule has 0 spiro atoms. The fraction of sp³-hybridized carbons (Fsp3) is 0.545. The summed E-state index contributed by atoms with van der Waals surface area (Å²) in [4.78, 5) is 36.9. The molecule has 110 valence electrons. The molecule has 0 radical (unpaired) electrons. The van der Waals surface area contributed by atoms with E-state index in [1.54, 1.807) is 7.05 Å². The predicted molar refractivity (Wildman–Crippen MR) is 67.5 cm³/mol. The Hall–Kier alpha value is -2.45. The number of aromatic nitrogens is 3. The summed E-state index contributed by atoms with van der Waals surface area (Å²) in [5.74, 6) is -0.899. The van der Waals surface area contributed by atoms with E-state index in [2.05, 4.69) is 20.7 Å². The molecule has 0 aliphatic rings. The third-order valence-corrected chi connectivity index (χ3v) is 2.35. The quantitative estimate of drug-likeness (QED) is 0.594. The number of carbonyl (C=O) groups excluding carboxylic acids is 2. The van der Waals surface area contributed by atoms with Gasteiger partial charge in [0.25, 0.3) is 0 Å². The van der Waals surface area contributed by atoms with E-state index in [0.29, 0.717) is 18.7 Å². The molecule has 0 fully saturated rings. The van der Waals surface area contributed by atoms with Gasteiger partial charge in [0.1, 0.15) is 6.33 Å². The SMILES string of the molecule is Cn1cnc(CNC(=O)NC(=O)CCCCC(=O)O)n1. The van der Waals surface area contributed by atoms with Crippen molar-refractivity contribution in [2.24, 2.45) is 7.05 Å². The fourth-order valence-corrected chi connectivity index (χ4v) is 1.42. The van der Waals surface area contributed by atoms with Crippen LogP contribution in [0.3, 0.4) is 0 Å². The maximum Gasteiger partial charge on any atom is 0.321 e. The zero-order valence-electron chi connectivity index (χ0n) is 11.1. The van der Waals surface area contributed by atoms with Gasteiger partial charge in [0, 0.05) is 19.9 Å². The Morgan fingerprint density at radius 1 is 1.30 bits per heavy atom. The fourth-order valence-electron chi connectivity index (χ4n) is 1.42. The monoisotopic (exact) mass is 283 g/mol. The molecule has 9 nitrogen and oxygen atoms in total. The molecule has 0 aliphatic carbocycles. The summed E-state index contributed by atoms with van der Waals surface area (Å²) >= 11 is 0. The largest absolute Gasteiger partial charge is 0.481 e. The minimum absolute atomic E-state index is 0.0187. The van der Waals surface area contributed by atoms with Crippen LogP contribution in [-0.4, -0.2) is 37.8 Å². The van der Waals surface area contributed by atoms with Gasteiger partial charge in [-0.3, -0.25) is 19.6 Å². The van der Waals surface area contributed by atoms with Crippen molar-refractivity contribution in [3.63, 3.8) is 0 Å². The van der Waals surface area contributed by atoms with E-state index < -0.39 is 17.9 Å². The molecule has 9 heteroatoms. The number of unbranched alkanes of at least 4 members (excludes halogenated alkanes) is 1. The number of aliphatic carboxylic acids is 1. The van der Waals surface area contributed by atoms with Crippen molar-refractivity contribution in [3.8, 4) is 0 Å². The van der Waals surface area contributed by atoms with Crippen LogP contribution in [0.2, 0.25) is 0 Å². The summed E-state index contributed by atoms with van der Waals surface area (Å²) in [7, 11) is 1.71. The summed E-state index contributed by atoms with van der Waals surface area (Å²) in [5.41, 5.74) is 0. The Balaban J connectivity index is 2.14. The number of rotatable bonds is 7. The molecule has 0 unspecified atom stereocenters. The van der Waals surface area contributed by atoms with Gasteiger partial charge >= 0.3 is 12.0 Å². The first-order valence-corrected chi connectivity index (χ1v) is 6.11. The Kier molecular flexibility index (Phi) is 6.14. The molecule has 1 heterocycles. The minimum atomic E-state index is -0.897. The van der Waals surface area contributed by atoms with E-state index in [1.807, 2.05) is 0 Å². The molecule has 3 N–H and O–H groups in total. The maximum atomic E-state index is 11.4.